The van der Waals surface area contributed by atoms with Gasteiger partial charge in [0.1, 0.15) is 0 Å². The average molecular weight is 1290 g/mol. The fourth-order valence-corrected chi connectivity index (χ4v) is 17.6. The summed E-state index contributed by atoms with van der Waals surface area (Å²) in [6.07, 6.45) is 5.98. The molecule has 2 aliphatic heterocycles. The highest BCUT2D eigenvalue weighted by Crippen LogP contribution is 2.54. The molecule has 0 saturated heterocycles. The molecule has 0 amide bonds. The Bertz CT molecular complexity index is 5500. The van der Waals surface area contributed by atoms with E-state index >= 15 is 0 Å². The lowest BCUT2D eigenvalue weighted by molar-refractivity contribution is 0.444. The zero-order valence-corrected chi connectivity index (χ0v) is 56.0. The Labute approximate surface area is 589 Å². The van der Waals surface area contributed by atoms with Crippen LogP contribution in [0.3, 0.4) is 0 Å². The molecule has 4 nitrogen and oxygen atoms in total. The lowest BCUT2D eigenvalue weighted by atomic mass is 9.33. The Hall–Kier alpha value is -12.4. The zero-order valence-electron chi connectivity index (χ0n) is 56.0. The van der Waals surface area contributed by atoms with Crippen molar-refractivity contribution in [2.24, 2.45) is 0 Å². The smallest absolute Gasteiger partial charge is 0.252 e. The molecule has 1 aliphatic carbocycles. The van der Waals surface area contributed by atoms with Crippen LogP contribution < -0.4 is 26.2 Å². The number of benzene rings is 15. The first-order valence-electron chi connectivity index (χ1n) is 35.9. The van der Waals surface area contributed by atoms with Crippen LogP contribution in [0.4, 0.5) is 34.1 Å². The normalized spacial score (nSPS) is 13.4. The first-order chi connectivity index (χ1) is 50.1. The maximum absolute atomic E-state index is 2.73. The van der Waals surface area contributed by atoms with Crippen molar-refractivity contribution in [3.63, 3.8) is 0 Å². The van der Waals surface area contributed by atoms with E-state index in [1.54, 1.807) is 0 Å². The van der Waals surface area contributed by atoms with E-state index in [9.17, 15) is 0 Å². The van der Waals surface area contributed by atoms with Crippen LogP contribution in [0, 0.1) is 0 Å². The summed E-state index contributed by atoms with van der Waals surface area (Å²) >= 11 is 0. The third-order valence-corrected chi connectivity index (χ3v) is 22.1. The van der Waals surface area contributed by atoms with E-state index < -0.39 is 0 Å². The van der Waals surface area contributed by atoms with E-state index in [1.807, 2.05) is 0 Å². The number of aromatic nitrogens is 2. The fourth-order valence-electron chi connectivity index (χ4n) is 17.6. The molecule has 20 rings (SSSR count). The Morgan fingerprint density at radius 3 is 0.931 bits per heavy atom. The quantitative estimate of drug-likeness (QED) is 0.120. The molecule has 2 aromatic heterocycles. The molecule has 0 atom stereocenters. The highest BCUT2D eigenvalue weighted by molar-refractivity contribution is 7.00. The van der Waals surface area contributed by atoms with E-state index in [0.717, 1.165) is 57.8 Å². The molecule has 4 heterocycles. The second-order valence-corrected chi connectivity index (χ2v) is 27.7. The molecule has 3 aliphatic rings. The van der Waals surface area contributed by atoms with Gasteiger partial charge in [0.05, 0.1) is 33.4 Å². The van der Waals surface area contributed by atoms with Crippen molar-refractivity contribution in [3.05, 3.63) is 357 Å². The van der Waals surface area contributed by atoms with Crippen LogP contribution in [0.5, 0.6) is 0 Å². The Kier molecular flexibility index (Phi) is 14.1. The predicted octanol–water partition coefficient (Wildman–Crippen LogP) is 24.0. The van der Waals surface area contributed by atoms with Gasteiger partial charge in [-0.3, -0.25) is 0 Å². The summed E-state index contributed by atoms with van der Waals surface area (Å²) < 4.78 is 4.90. The van der Waals surface area contributed by atoms with Crippen LogP contribution in [0.2, 0.25) is 0 Å². The molecule has 1 saturated carbocycles. The van der Waals surface area contributed by atoms with Gasteiger partial charge in [0.15, 0.2) is 0 Å². The Balaban J connectivity index is 0.907. The molecule has 101 heavy (non-hydrogen) atoms. The molecule has 15 aromatic carbocycles. The summed E-state index contributed by atoms with van der Waals surface area (Å²) in [6, 6.07) is 133. The molecule has 476 valence electrons. The molecule has 0 bridgehead atoms. The van der Waals surface area contributed by atoms with E-state index in [2.05, 4.69) is 371 Å². The molecular weight excluding hydrogens is 1220 g/mol. The first kappa shape index (κ1) is 58.7. The minimum atomic E-state index is -0.230. The van der Waals surface area contributed by atoms with Gasteiger partial charge in [-0.15, -0.1) is 0 Å². The van der Waals surface area contributed by atoms with Crippen LogP contribution >= 0.6 is 0 Å². The number of para-hydroxylation sites is 6. The maximum atomic E-state index is 2.73. The number of nitrogens with zero attached hydrogens (tertiary/aromatic N) is 4. The van der Waals surface area contributed by atoms with Crippen molar-refractivity contribution >= 4 is 101 Å². The Morgan fingerprint density at radius 1 is 0.248 bits per heavy atom. The van der Waals surface area contributed by atoms with Gasteiger partial charge in [0.2, 0.25) is 0 Å². The van der Waals surface area contributed by atoms with Crippen LogP contribution in [-0.4, -0.2) is 15.8 Å². The van der Waals surface area contributed by atoms with Crippen molar-refractivity contribution in [3.8, 4) is 78.1 Å². The first-order valence-corrected chi connectivity index (χ1v) is 35.9. The number of rotatable bonds is 11. The maximum Gasteiger partial charge on any atom is 0.252 e. The third kappa shape index (κ3) is 9.66. The highest BCUT2D eigenvalue weighted by Gasteiger charge is 2.46. The monoisotopic (exact) mass is 1290 g/mol. The van der Waals surface area contributed by atoms with E-state index in [0.29, 0.717) is 5.92 Å². The summed E-state index contributed by atoms with van der Waals surface area (Å²) in [5.74, 6) is 0.375. The molecule has 0 radical (unpaired) electrons. The van der Waals surface area contributed by atoms with Crippen molar-refractivity contribution in [1.29, 1.82) is 0 Å². The van der Waals surface area contributed by atoms with Gasteiger partial charge in [0, 0.05) is 77.9 Å². The summed E-state index contributed by atoms with van der Waals surface area (Å²) in [5.41, 5.74) is 33.4. The molecule has 17 aromatic rings. The van der Waals surface area contributed by atoms with Crippen molar-refractivity contribution in [2.75, 3.05) is 9.80 Å². The predicted molar refractivity (Wildman–Crippen MR) is 428 cm³/mol. The summed E-state index contributed by atoms with van der Waals surface area (Å²) in [6.45, 7) is -0.230. The lowest BCUT2D eigenvalue weighted by Crippen LogP contribution is -2.61. The summed E-state index contributed by atoms with van der Waals surface area (Å²) in [7, 11) is 0. The summed E-state index contributed by atoms with van der Waals surface area (Å²) in [5, 5.41) is 5.00. The standard InChI is InChI=1S/C96H69BN4/c1-6-28-64(29-7-1)73-62-92-94-93(63-73)101(96-78(67-34-12-4-13-35-67)48-27-49-79(96)68-36-14-5-15-37-68)91-57-55-72(70-39-25-41-75(59-70)99-88-52-22-18-44-82(88)83-45-19-23-53-89(83)99)61-85(91)97(94)84-60-71(69-38-24-40-74(58-69)98-86-50-20-16-42-80(86)81-43-17-21-51-87(81)98)54-56-90(84)100(92)95-76(65-30-8-2-9-31-65)46-26-47-77(95)66-32-10-3-11-33-66/h2-5,8-27,30-64H,1,6-7,28-29H2. The second-order valence-electron chi connectivity index (χ2n) is 27.7. The minimum absolute atomic E-state index is 0.230. The number of hydrogen-bond acceptors (Lipinski definition) is 2. The van der Waals surface area contributed by atoms with Gasteiger partial charge < -0.3 is 18.9 Å². The number of fused-ring (bicyclic) bond motifs is 10. The summed E-state index contributed by atoms with van der Waals surface area (Å²) in [4.78, 5) is 5.45. The minimum Gasteiger partial charge on any atom is -0.310 e. The number of hydrogen-bond donors (Lipinski definition) is 0. The molecule has 1 fully saturated rings. The van der Waals surface area contributed by atoms with Gasteiger partial charge >= 0.3 is 0 Å². The van der Waals surface area contributed by atoms with Crippen LogP contribution in [0.1, 0.15) is 43.6 Å². The Morgan fingerprint density at radius 2 is 0.564 bits per heavy atom. The number of anilines is 6. The van der Waals surface area contributed by atoms with Crippen LogP contribution in [0.15, 0.2) is 352 Å². The molecule has 0 N–H and O–H groups in total. The van der Waals surface area contributed by atoms with Crippen molar-refractivity contribution in [1.82, 2.24) is 9.13 Å². The van der Waals surface area contributed by atoms with E-state index in [4.69, 9.17) is 0 Å². The molecule has 5 heteroatoms. The van der Waals surface area contributed by atoms with E-state index in [-0.39, 0.29) is 6.71 Å². The van der Waals surface area contributed by atoms with Crippen molar-refractivity contribution in [2.45, 2.75) is 38.0 Å². The van der Waals surface area contributed by atoms with Gasteiger partial charge in [-0.25, -0.2) is 0 Å². The molecular formula is C96H69BN4. The zero-order chi connectivity index (χ0) is 66.5. The van der Waals surface area contributed by atoms with Gasteiger partial charge in [-0.05, 0) is 158 Å². The third-order valence-electron chi connectivity index (χ3n) is 22.1. The van der Waals surface area contributed by atoms with Gasteiger partial charge in [-0.2, -0.15) is 0 Å². The highest BCUT2D eigenvalue weighted by atomic mass is 15.2. The topological polar surface area (TPSA) is 16.3 Å². The largest absolute Gasteiger partial charge is 0.310 e. The lowest BCUT2D eigenvalue weighted by Gasteiger charge is -2.46. The van der Waals surface area contributed by atoms with Gasteiger partial charge in [-0.1, -0.05) is 298 Å². The molecule has 0 spiro atoms. The second kappa shape index (κ2) is 24.2. The van der Waals surface area contributed by atoms with Crippen LogP contribution in [-0.2, 0) is 0 Å². The van der Waals surface area contributed by atoms with Crippen molar-refractivity contribution < 1.29 is 0 Å². The average Bonchev–Trinajstić information content (AvgIpc) is 1.02. The van der Waals surface area contributed by atoms with Gasteiger partial charge in [0.25, 0.3) is 6.71 Å². The van der Waals surface area contributed by atoms with Crippen LogP contribution in [0.25, 0.3) is 122 Å². The SMILES string of the molecule is c1ccc(-c2cccc(-c3ccccc3)c2N2c3ccc(-c4cccc(-n5c6ccccc6c6ccccc65)c4)cc3B3c4cc(-c5cccc(-n6c7ccccc7c7ccccc76)c5)ccc4N(c4c(-c5ccccc5)cccc4-c4ccccc4)c4cc(C5CCCCC5)cc2c43)cc1. The van der Waals surface area contributed by atoms with E-state index in [1.165, 1.54) is 152 Å². The fraction of sp³-hybridized carbons (Fsp3) is 0.0625. The molecule has 0 unspecified atom stereocenters.